The Morgan fingerprint density at radius 1 is 1.42 bits per heavy atom. The summed E-state index contributed by atoms with van der Waals surface area (Å²) in [6, 6.07) is 2.06. The highest BCUT2D eigenvalue weighted by Crippen LogP contribution is 2.27. The van der Waals surface area contributed by atoms with Gasteiger partial charge in [0, 0.05) is 22.8 Å². The molecule has 0 spiro atoms. The fourth-order valence-electron chi connectivity index (χ4n) is 2.34. The maximum Gasteiger partial charge on any atom is 0.217 e. The third-order valence-electron chi connectivity index (χ3n) is 3.61. The van der Waals surface area contributed by atoms with E-state index in [1.54, 1.807) is 6.20 Å². The van der Waals surface area contributed by atoms with Gasteiger partial charge in [0.25, 0.3) is 0 Å². The molecular formula is C15H21BrN2O. The molecule has 0 fully saturated rings. The zero-order valence-electron chi connectivity index (χ0n) is 11.5. The summed E-state index contributed by atoms with van der Waals surface area (Å²) in [6.45, 7) is 3.81. The number of aromatic nitrogens is 1. The van der Waals surface area contributed by atoms with Crippen LogP contribution >= 0.6 is 15.9 Å². The second-order valence-electron chi connectivity index (χ2n) is 5.14. The van der Waals surface area contributed by atoms with Gasteiger partial charge in [0.1, 0.15) is 0 Å². The van der Waals surface area contributed by atoms with E-state index in [-0.39, 0.29) is 0 Å². The number of nitrogens with one attached hydrogen (secondary N) is 1. The summed E-state index contributed by atoms with van der Waals surface area (Å²) < 4.78 is 6.93. The van der Waals surface area contributed by atoms with Crippen molar-refractivity contribution in [3.8, 4) is 5.88 Å². The first-order valence-electron chi connectivity index (χ1n) is 6.77. The van der Waals surface area contributed by atoms with Gasteiger partial charge in [-0.2, -0.15) is 0 Å². The van der Waals surface area contributed by atoms with Crippen molar-refractivity contribution in [1.29, 1.82) is 0 Å². The van der Waals surface area contributed by atoms with Gasteiger partial charge in [-0.25, -0.2) is 4.98 Å². The van der Waals surface area contributed by atoms with E-state index >= 15 is 0 Å². The van der Waals surface area contributed by atoms with Crippen molar-refractivity contribution in [3.05, 3.63) is 34.5 Å². The zero-order valence-corrected chi connectivity index (χ0v) is 13.1. The fraction of sp³-hybridized carbons (Fsp3) is 0.533. The van der Waals surface area contributed by atoms with Crippen molar-refractivity contribution in [2.24, 2.45) is 11.8 Å². The highest BCUT2D eigenvalue weighted by molar-refractivity contribution is 9.10. The third kappa shape index (κ3) is 4.05. The number of ether oxygens (including phenoxy) is 1. The second-order valence-corrected chi connectivity index (χ2v) is 6.05. The van der Waals surface area contributed by atoms with E-state index in [1.165, 1.54) is 0 Å². The Balaban J connectivity index is 2.00. The maximum atomic E-state index is 5.95. The monoisotopic (exact) mass is 324 g/mol. The van der Waals surface area contributed by atoms with Gasteiger partial charge < -0.3 is 10.1 Å². The molecule has 0 radical (unpaired) electrons. The molecule has 1 N–H and O–H groups in total. The molecule has 1 heterocycles. The summed E-state index contributed by atoms with van der Waals surface area (Å²) in [7, 11) is 1.93. The molecule has 0 bridgehead atoms. The molecule has 2 atom stereocenters. The van der Waals surface area contributed by atoms with E-state index in [9.17, 15) is 0 Å². The zero-order chi connectivity index (χ0) is 13.7. The highest BCUT2D eigenvalue weighted by atomic mass is 79.9. The number of rotatable bonds is 5. The Morgan fingerprint density at radius 2 is 2.21 bits per heavy atom. The minimum Gasteiger partial charge on any atom is -0.477 e. The minimum absolute atomic E-state index is 0.595. The lowest BCUT2D eigenvalue weighted by Gasteiger charge is -2.25. The van der Waals surface area contributed by atoms with Crippen LogP contribution in [0.15, 0.2) is 28.9 Å². The molecule has 0 aromatic carbocycles. The lowest BCUT2D eigenvalue weighted by Crippen LogP contribution is -2.22. The first-order valence-corrected chi connectivity index (χ1v) is 7.56. The van der Waals surface area contributed by atoms with Crippen LogP contribution in [0.3, 0.4) is 0 Å². The molecule has 19 heavy (non-hydrogen) atoms. The lowest BCUT2D eigenvalue weighted by atomic mass is 9.85. The van der Waals surface area contributed by atoms with Crippen molar-refractivity contribution in [2.45, 2.75) is 26.3 Å². The molecule has 1 aromatic rings. The van der Waals surface area contributed by atoms with Gasteiger partial charge in [0.15, 0.2) is 0 Å². The quantitative estimate of drug-likeness (QED) is 0.841. The number of hydrogen-bond acceptors (Lipinski definition) is 3. The van der Waals surface area contributed by atoms with Crippen LogP contribution in [-0.2, 0) is 6.54 Å². The number of pyridine rings is 1. The van der Waals surface area contributed by atoms with Gasteiger partial charge in [0.2, 0.25) is 5.88 Å². The largest absolute Gasteiger partial charge is 0.477 e. The van der Waals surface area contributed by atoms with Crippen LogP contribution in [0.4, 0.5) is 0 Å². The Labute approximate surface area is 123 Å². The Morgan fingerprint density at radius 3 is 2.95 bits per heavy atom. The number of allylic oxidation sites excluding steroid dienone is 2. The molecule has 0 aliphatic heterocycles. The lowest BCUT2D eigenvalue weighted by molar-refractivity contribution is 0.191. The molecule has 1 aromatic heterocycles. The molecule has 0 amide bonds. The molecule has 1 aliphatic rings. The summed E-state index contributed by atoms with van der Waals surface area (Å²) in [6.07, 6.45) is 8.59. The number of hydrogen-bond donors (Lipinski definition) is 1. The molecule has 2 unspecified atom stereocenters. The summed E-state index contributed by atoms with van der Waals surface area (Å²) in [4.78, 5) is 4.38. The standard InChI is InChI=1S/C15H21BrN2O/c1-11-5-3-4-6-12(11)10-19-15-13(8-17-2)7-14(16)9-18-15/h3-4,7,9,11-12,17H,5-6,8,10H2,1-2H3. The molecule has 2 rings (SSSR count). The van der Waals surface area contributed by atoms with E-state index in [0.29, 0.717) is 11.8 Å². The molecule has 0 saturated carbocycles. The SMILES string of the molecule is CNCc1cc(Br)cnc1OCC1CC=CCC1C. The van der Waals surface area contributed by atoms with E-state index in [0.717, 1.165) is 41.9 Å². The number of nitrogens with zero attached hydrogens (tertiary/aromatic N) is 1. The summed E-state index contributed by atoms with van der Waals surface area (Å²) in [5.41, 5.74) is 1.09. The Bertz CT molecular complexity index is 448. The van der Waals surface area contributed by atoms with Crippen LogP contribution in [0.25, 0.3) is 0 Å². The second kappa shape index (κ2) is 7.06. The summed E-state index contributed by atoms with van der Waals surface area (Å²) >= 11 is 3.45. The fourth-order valence-corrected chi connectivity index (χ4v) is 2.72. The van der Waals surface area contributed by atoms with Crippen molar-refractivity contribution >= 4 is 15.9 Å². The van der Waals surface area contributed by atoms with E-state index in [1.807, 2.05) is 7.05 Å². The summed E-state index contributed by atoms with van der Waals surface area (Å²) in [5.74, 6) is 2.03. The topological polar surface area (TPSA) is 34.2 Å². The van der Waals surface area contributed by atoms with Gasteiger partial charge in [-0.05, 0) is 53.7 Å². The van der Waals surface area contributed by atoms with Crippen molar-refractivity contribution in [3.63, 3.8) is 0 Å². The molecule has 3 nitrogen and oxygen atoms in total. The van der Waals surface area contributed by atoms with Gasteiger partial charge >= 0.3 is 0 Å². The first kappa shape index (κ1) is 14.5. The van der Waals surface area contributed by atoms with Crippen molar-refractivity contribution in [2.75, 3.05) is 13.7 Å². The highest BCUT2D eigenvalue weighted by Gasteiger charge is 2.19. The molecular weight excluding hydrogens is 304 g/mol. The van der Waals surface area contributed by atoms with Crippen LogP contribution in [0, 0.1) is 11.8 Å². The average Bonchev–Trinajstić information content (AvgIpc) is 2.40. The van der Waals surface area contributed by atoms with Crippen LogP contribution in [0.1, 0.15) is 25.3 Å². The van der Waals surface area contributed by atoms with Crippen LogP contribution in [0.2, 0.25) is 0 Å². The minimum atomic E-state index is 0.595. The van der Waals surface area contributed by atoms with Crippen molar-refractivity contribution in [1.82, 2.24) is 10.3 Å². The van der Waals surface area contributed by atoms with Gasteiger partial charge in [-0.3, -0.25) is 0 Å². The molecule has 0 saturated heterocycles. The molecule has 1 aliphatic carbocycles. The number of halogens is 1. The smallest absolute Gasteiger partial charge is 0.217 e. The molecule has 4 heteroatoms. The van der Waals surface area contributed by atoms with Crippen LogP contribution in [0.5, 0.6) is 5.88 Å². The van der Waals surface area contributed by atoms with E-state index in [2.05, 4.69) is 51.4 Å². The van der Waals surface area contributed by atoms with Gasteiger partial charge in [-0.1, -0.05) is 19.1 Å². The third-order valence-corrected chi connectivity index (χ3v) is 4.05. The van der Waals surface area contributed by atoms with Crippen molar-refractivity contribution < 1.29 is 4.74 Å². The first-order chi connectivity index (χ1) is 9.20. The molecule has 104 valence electrons. The maximum absolute atomic E-state index is 5.95. The van der Waals surface area contributed by atoms with E-state index < -0.39 is 0 Å². The van der Waals surface area contributed by atoms with Gasteiger partial charge in [0.05, 0.1) is 6.61 Å². The Hall–Kier alpha value is -0.870. The Kier molecular flexibility index (Phi) is 5.40. The predicted molar refractivity (Wildman–Crippen MR) is 81.2 cm³/mol. The average molecular weight is 325 g/mol. The van der Waals surface area contributed by atoms with Crippen LogP contribution in [-0.4, -0.2) is 18.6 Å². The van der Waals surface area contributed by atoms with Crippen LogP contribution < -0.4 is 10.1 Å². The summed E-state index contributed by atoms with van der Waals surface area (Å²) in [5, 5.41) is 3.15. The predicted octanol–water partition coefficient (Wildman–Crippen LogP) is 3.54. The normalized spacial score (nSPS) is 22.5. The van der Waals surface area contributed by atoms with E-state index in [4.69, 9.17) is 4.74 Å². The van der Waals surface area contributed by atoms with Gasteiger partial charge in [-0.15, -0.1) is 0 Å².